The number of likely N-dealkylation sites (tertiary alicyclic amines) is 1. The Morgan fingerprint density at radius 1 is 0.714 bits per heavy atom. The van der Waals surface area contributed by atoms with Crippen LogP contribution in [0.5, 0.6) is 0 Å². The number of hydrogen-bond acceptors (Lipinski definition) is 3. The van der Waals surface area contributed by atoms with Gasteiger partial charge in [-0.25, -0.2) is 4.90 Å². The Morgan fingerprint density at radius 2 is 1.32 bits per heavy atom. The number of aryl methyl sites for hydroxylation is 4. The van der Waals surface area contributed by atoms with E-state index in [1.807, 2.05) is 57.2 Å². The van der Waals surface area contributed by atoms with Crippen molar-refractivity contribution in [2.24, 2.45) is 0 Å². The molecule has 2 heterocycles. The van der Waals surface area contributed by atoms with Crippen LogP contribution in [-0.2, 0) is 9.59 Å². The van der Waals surface area contributed by atoms with Crippen molar-refractivity contribution in [2.75, 3.05) is 18.0 Å². The van der Waals surface area contributed by atoms with Gasteiger partial charge in [0.2, 0.25) is 0 Å². The zero-order valence-corrected chi connectivity index (χ0v) is 17.0. The Morgan fingerprint density at radius 3 is 1.93 bits per heavy atom. The van der Waals surface area contributed by atoms with Crippen molar-refractivity contribution >= 4 is 23.1 Å². The first-order valence-corrected chi connectivity index (χ1v) is 9.91. The number of anilines is 1. The highest BCUT2D eigenvalue weighted by molar-refractivity contribution is 6.45. The molecule has 0 radical (unpaired) electrons. The molecule has 4 heteroatoms. The van der Waals surface area contributed by atoms with Crippen LogP contribution >= 0.6 is 0 Å². The second-order valence-corrected chi connectivity index (χ2v) is 7.93. The van der Waals surface area contributed by atoms with Crippen LogP contribution in [0.2, 0.25) is 0 Å². The molecule has 0 aromatic heterocycles. The smallest absolute Gasteiger partial charge is 0.282 e. The van der Waals surface area contributed by atoms with E-state index in [9.17, 15) is 9.59 Å². The predicted molar refractivity (Wildman–Crippen MR) is 112 cm³/mol. The average molecular weight is 374 g/mol. The van der Waals surface area contributed by atoms with Gasteiger partial charge in [-0.3, -0.25) is 9.59 Å². The molecule has 2 aliphatic heterocycles. The van der Waals surface area contributed by atoms with Gasteiger partial charge in [-0.2, -0.15) is 0 Å². The Kier molecular flexibility index (Phi) is 4.58. The predicted octanol–water partition coefficient (Wildman–Crippen LogP) is 4.30. The van der Waals surface area contributed by atoms with Crippen molar-refractivity contribution in [1.29, 1.82) is 0 Å². The first-order valence-electron chi connectivity index (χ1n) is 9.91. The van der Waals surface area contributed by atoms with Gasteiger partial charge in [-0.15, -0.1) is 0 Å². The second-order valence-electron chi connectivity index (χ2n) is 7.93. The van der Waals surface area contributed by atoms with Crippen molar-refractivity contribution in [3.8, 4) is 0 Å². The molecule has 2 aromatic rings. The molecule has 2 aromatic carbocycles. The molecule has 4 nitrogen and oxygen atoms in total. The van der Waals surface area contributed by atoms with E-state index in [4.69, 9.17) is 0 Å². The lowest BCUT2D eigenvalue weighted by molar-refractivity contribution is -0.120. The van der Waals surface area contributed by atoms with E-state index >= 15 is 0 Å². The Balaban J connectivity index is 1.85. The number of hydrogen-bond donors (Lipinski definition) is 0. The van der Waals surface area contributed by atoms with Crippen molar-refractivity contribution in [3.63, 3.8) is 0 Å². The van der Waals surface area contributed by atoms with Crippen LogP contribution in [0.15, 0.2) is 42.1 Å². The van der Waals surface area contributed by atoms with Gasteiger partial charge in [0.05, 0.1) is 11.3 Å². The van der Waals surface area contributed by atoms with Crippen molar-refractivity contribution < 1.29 is 9.59 Å². The molecule has 0 spiro atoms. The molecular weight excluding hydrogens is 348 g/mol. The maximum Gasteiger partial charge on any atom is 0.282 e. The minimum absolute atomic E-state index is 0.205. The van der Waals surface area contributed by atoms with Crippen molar-refractivity contribution in [1.82, 2.24) is 4.90 Å². The monoisotopic (exact) mass is 374 g/mol. The number of rotatable bonds is 3. The Hall–Kier alpha value is -2.88. The fraction of sp³-hybridized carbons (Fsp3) is 0.333. The molecule has 1 saturated heterocycles. The Labute approximate surface area is 166 Å². The van der Waals surface area contributed by atoms with Crippen LogP contribution in [0.3, 0.4) is 0 Å². The number of benzene rings is 2. The largest absolute Gasteiger partial charge is 0.366 e. The summed E-state index contributed by atoms with van der Waals surface area (Å²) in [4.78, 5) is 30.4. The van der Waals surface area contributed by atoms with E-state index in [1.165, 1.54) is 10.5 Å². The molecule has 0 aliphatic carbocycles. The van der Waals surface area contributed by atoms with Crippen LogP contribution in [0.1, 0.15) is 40.7 Å². The zero-order chi connectivity index (χ0) is 20.0. The summed E-state index contributed by atoms with van der Waals surface area (Å²) in [5, 5.41) is 0. The molecule has 0 N–H and O–H groups in total. The van der Waals surface area contributed by atoms with Crippen LogP contribution in [0, 0.1) is 27.7 Å². The standard InChI is InChI=1S/C24H26N2O2/c1-15-7-9-19(13-17(15)3)21-22(25-11-5-6-12-25)24(28)26(23(21)27)20-10-8-16(2)18(4)14-20/h7-10,13-14H,5-6,11-12H2,1-4H3. The van der Waals surface area contributed by atoms with E-state index in [0.29, 0.717) is 17.0 Å². The summed E-state index contributed by atoms with van der Waals surface area (Å²) in [6.45, 7) is 9.77. The molecule has 1 fully saturated rings. The maximum absolute atomic E-state index is 13.5. The molecular formula is C24H26N2O2. The minimum Gasteiger partial charge on any atom is -0.366 e. The molecule has 144 valence electrons. The number of carbonyl (C=O) groups excluding carboxylic acids is 2. The molecule has 0 unspecified atom stereocenters. The van der Waals surface area contributed by atoms with E-state index in [1.54, 1.807) is 0 Å². The highest BCUT2D eigenvalue weighted by atomic mass is 16.2. The summed E-state index contributed by atoms with van der Waals surface area (Å²) in [5.41, 5.74) is 7.08. The third-order valence-corrected chi connectivity index (χ3v) is 6.03. The number of nitrogens with zero attached hydrogens (tertiary/aromatic N) is 2. The second kappa shape index (κ2) is 6.93. The Bertz CT molecular complexity index is 1010. The van der Waals surface area contributed by atoms with Crippen LogP contribution < -0.4 is 4.90 Å². The molecule has 0 bridgehead atoms. The molecule has 0 atom stereocenters. The van der Waals surface area contributed by atoms with Gasteiger partial charge in [0.25, 0.3) is 11.8 Å². The first kappa shape index (κ1) is 18.5. The first-order chi connectivity index (χ1) is 13.4. The van der Waals surface area contributed by atoms with Crippen LogP contribution in [0.25, 0.3) is 5.57 Å². The van der Waals surface area contributed by atoms with E-state index in [-0.39, 0.29) is 11.8 Å². The molecule has 4 rings (SSSR count). The fourth-order valence-corrected chi connectivity index (χ4v) is 4.01. The molecule has 28 heavy (non-hydrogen) atoms. The molecule has 2 amide bonds. The topological polar surface area (TPSA) is 40.6 Å². The van der Waals surface area contributed by atoms with Crippen LogP contribution in [-0.4, -0.2) is 29.8 Å². The van der Waals surface area contributed by atoms with Crippen molar-refractivity contribution in [3.05, 3.63) is 69.9 Å². The quantitative estimate of drug-likeness (QED) is 0.752. The highest BCUT2D eigenvalue weighted by Crippen LogP contribution is 2.37. The van der Waals surface area contributed by atoms with Gasteiger partial charge in [0, 0.05) is 13.1 Å². The van der Waals surface area contributed by atoms with Gasteiger partial charge < -0.3 is 4.90 Å². The minimum atomic E-state index is -0.224. The van der Waals surface area contributed by atoms with Gasteiger partial charge >= 0.3 is 0 Å². The summed E-state index contributed by atoms with van der Waals surface area (Å²) < 4.78 is 0. The zero-order valence-electron chi connectivity index (χ0n) is 17.0. The average Bonchev–Trinajstić information content (AvgIpc) is 3.26. The summed E-state index contributed by atoms with van der Waals surface area (Å²) in [5.74, 6) is -0.429. The lowest BCUT2D eigenvalue weighted by atomic mass is 9.99. The summed E-state index contributed by atoms with van der Waals surface area (Å²) in [7, 11) is 0. The maximum atomic E-state index is 13.5. The SMILES string of the molecule is Cc1ccc(C2=C(N3CCCC3)C(=O)N(c3ccc(C)c(C)c3)C2=O)cc1C. The number of amides is 2. The van der Waals surface area contributed by atoms with E-state index in [0.717, 1.165) is 48.2 Å². The summed E-state index contributed by atoms with van der Waals surface area (Å²) in [6.07, 6.45) is 2.10. The molecule has 2 aliphatic rings. The third-order valence-electron chi connectivity index (χ3n) is 6.03. The lowest BCUT2D eigenvalue weighted by Gasteiger charge is -2.20. The fourth-order valence-electron chi connectivity index (χ4n) is 4.01. The third kappa shape index (κ3) is 2.93. The summed E-state index contributed by atoms with van der Waals surface area (Å²) >= 11 is 0. The van der Waals surface area contributed by atoms with Gasteiger partial charge in [0.1, 0.15) is 5.70 Å². The normalized spacial score (nSPS) is 17.3. The molecule has 0 saturated carbocycles. The van der Waals surface area contributed by atoms with Crippen molar-refractivity contribution in [2.45, 2.75) is 40.5 Å². The van der Waals surface area contributed by atoms with Gasteiger partial charge in [-0.05, 0) is 80.5 Å². The van der Waals surface area contributed by atoms with Crippen LogP contribution in [0.4, 0.5) is 5.69 Å². The summed E-state index contributed by atoms with van der Waals surface area (Å²) in [6, 6.07) is 11.8. The highest BCUT2D eigenvalue weighted by Gasteiger charge is 2.43. The van der Waals surface area contributed by atoms with E-state index < -0.39 is 0 Å². The number of carbonyl (C=O) groups is 2. The van der Waals surface area contributed by atoms with Gasteiger partial charge in [-0.1, -0.05) is 24.3 Å². The lowest BCUT2D eigenvalue weighted by Crippen LogP contribution is -2.34. The number of imide groups is 1. The van der Waals surface area contributed by atoms with Gasteiger partial charge in [0.15, 0.2) is 0 Å². The van der Waals surface area contributed by atoms with E-state index in [2.05, 4.69) is 11.8 Å².